The number of rotatable bonds is 1. The van der Waals surface area contributed by atoms with Crippen molar-refractivity contribution in [3.8, 4) is 5.75 Å². The molecule has 0 spiro atoms. The van der Waals surface area contributed by atoms with Gasteiger partial charge in [0.1, 0.15) is 5.58 Å². The van der Waals surface area contributed by atoms with Gasteiger partial charge in [-0.2, -0.15) is 0 Å². The van der Waals surface area contributed by atoms with Crippen LogP contribution in [0.4, 0.5) is 0 Å². The minimum Gasteiger partial charge on any atom is -0.493 e. The predicted octanol–water partition coefficient (Wildman–Crippen LogP) is 3.61. The van der Waals surface area contributed by atoms with E-state index in [4.69, 9.17) is 20.8 Å². The zero-order valence-corrected chi connectivity index (χ0v) is 10.3. The van der Waals surface area contributed by atoms with Crippen molar-refractivity contribution in [2.75, 3.05) is 7.11 Å². The molecule has 0 N–H and O–H groups in total. The lowest BCUT2D eigenvalue weighted by molar-refractivity contribution is 0.411. The number of methoxy groups -OCH3 is 1. The number of para-hydroxylation sites is 1. The van der Waals surface area contributed by atoms with Crippen molar-refractivity contribution in [1.29, 1.82) is 0 Å². The molecule has 0 unspecified atom stereocenters. The van der Waals surface area contributed by atoms with Crippen molar-refractivity contribution in [1.82, 2.24) is 0 Å². The summed E-state index contributed by atoms with van der Waals surface area (Å²) in [6.07, 6.45) is 0. The summed E-state index contributed by atoms with van der Waals surface area (Å²) < 4.78 is 10.9. The highest BCUT2D eigenvalue weighted by Crippen LogP contribution is 2.27. The van der Waals surface area contributed by atoms with E-state index in [0.717, 1.165) is 0 Å². The van der Waals surface area contributed by atoms with E-state index in [1.54, 1.807) is 36.4 Å². The molecular formula is C14H9ClO3. The van der Waals surface area contributed by atoms with Gasteiger partial charge < -0.3 is 9.15 Å². The second-order valence-electron chi connectivity index (χ2n) is 3.91. The third-order valence-electron chi connectivity index (χ3n) is 2.84. The molecule has 0 fully saturated rings. The molecule has 1 heterocycles. The predicted molar refractivity (Wildman–Crippen MR) is 71.6 cm³/mol. The molecule has 0 bridgehead atoms. The fourth-order valence-corrected chi connectivity index (χ4v) is 2.15. The first-order valence-electron chi connectivity index (χ1n) is 5.40. The molecule has 2 aromatic carbocycles. The summed E-state index contributed by atoms with van der Waals surface area (Å²) in [5, 5.41) is 1.55. The number of ether oxygens (including phenoxy) is 1. The summed E-state index contributed by atoms with van der Waals surface area (Å²) in [5.41, 5.74) is 0.825. The van der Waals surface area contributed by atoms with Gasteiger partial charge in [0.25, 0.3) is 0 Å². The van der Waals surface area contributed by atoms with Crippen LogP contribution in [0.2, 0.25) is 5.02 Å². The minimum absolute atomic E-state index is 0.0817. The summed E-state index contributed by atoms with van der Waals surface area (Å²) in [6, 6.07) is 10.2. The summed E-state index contributed by atoms with van der Waals surface area (Å²) in [7, 11) is 1.54. The zero-order chi connectivity index (χ0) is 12.7. The molecule has 0 aliphatic heterocycles. The van der Waals surface area contributed by atoms with Gasteiger partial charge in [0, 0.05) is 11.1 Å². The Kier molecular flexibility index (Phi) is 2.49. The van der Waals surface area contributed by atoms with Crippen molar-refractivity contribution in [3.05, 3.63) is 51.6 Å². The van der Waals surface area contributed by atoms with Crippen molar-refractivity contribution in [3.63, 3.8) is 0 Å². The van der Waals surface area contributed by atoms with E-state index in [9.17, 15) is 4.79 Å². The Morgan fingerprint density at radius 3 is 2.78 bits per heavy atom. The second kappa shape index (κ2) is 4.03. The van der Waals surface area contributed by atoms with Crippen molar-refractivity contribution >= 4 is 33.5 Å². The number of fused-ring (bicyclic) bond motifs is 2. The number of halogens is 1. The van der Waals surface area contributed by atoms with E-state index >= 15 is 0 Å². The molecule has 0 amide bonds. The van der Waals surface area contributed by atoms with Crippen molar-refractivity contribution < 1.29 is 9.15 Å². The van der Waals surface area contributed by atoms with Gasteiger partial charge >= 0.3 is 0 Å². The van der Waals surface area contributed by atoms with Gasteiger partial charge in [0.2, 0.25) is 5.43 Å². The van der Waals surface area contributed by atoms with Gasteiger partial charge in [0.05, 0.1) is 17.9 Å². The molecule has 0 aliphatic carbocycles. The first-order valence-corrected chi connectivity index (χ1v) is 5.77. The molecule has 0 aliphatic rings. The fourth-order valence-electron chi connectivity index (χ4n) is 1.98. The van der Waals surface area contributed by atoms with E-state index in [1.165, 1.54) is 7.11 Å². The SMILES string of the molecule is COc1cccc2c(=O)c3ccc(Cl)cc3oc12. The Balaban J connectivity index is 2.56. The highest BCUT2D eigenvalue weighted by Gasteiger charge is 2.11. The lowest BCUT2D eigenvalue weighted by Crippen LogP contribution is -2.02. The number of benzene rings is 2. The van der Waals surface area contributed by atoms with Gasteiger partial charge in [-0.25, -0.2) is 0 Å². The van der Waals surface area contributed by atoms with E-state index < -0.39 is 0 Å². The summed E-state index contributed by atoms with van der Waals surface area (Å²) in [6.45, 7) is 0. The standard InChI is InChI=1S/C14H9ClO3/c1-17-11-4-2-3-10-13(16)9-6-5-8(15)7-12(9)18-14(10)11/h2-7H,1H3. The van der Waals surface area contributed by atoms with Gasteiger partial charge in [-0.15, -0.1) is 0 Å². The van der Waals surface area contributed by atoms with Crippen LogP contribution in [0.3, 0.4) is 0 Å². The molecule has 1 aromatic heterocycles. The maximum Gasteiger partial charge on any atom is 0.200 e. The molecule has 0 atom stereocenters. The lowest BCUT2D eigenvalue weighted by Gasteiger charge is -2.05. The van der Waals surface area contributed by atoms with Gasteiger partial charge in [0.15, 0.2) is 11.3 Å². The van der Waals surface area contributed by atoms with Crippen LogP contribution in [0.25, 0.3) is 21.9 Å². The highest BCUT2D eigenvalue weighted by molar-refractivity contribution is 6.31. The molecule has 4 heteroatoms. The number of hydrogen-bond acceptors (Lipinski definition) is 3. The molecule has 3 rings (SSSR count). The van der Waals surface area contributed by atoms with Crippen LogP contribution in [0.1, 0.15) is 0 Å². The van der Waals surface area contributed by atoms with Gasteiger partial charge in [-0.05, 0) is 24.3 Å². The molecule has 18 heavy (non-hydrogen) atoms. The largest absolute Gasteiger partial charge is 0.493 e. The van der Waals surface area contributed by atoms with Crippen LogP contribution in [0.5, 0.6) is 5.75 Å². The van der Waals surface area contributed by atoms with Crippen LogP contribution in [0.15, 0.2) is 45.6 Å². The molecule has 3 aromatic rings. The Labute approximate surface area is 108 Å². The first kappa shape index (κ1) is 11.1. The van der Waals surface area contributed by atoms with Crippen LogP contribution in [0, 0.1) is 0 Å². The Morgan fingerprint density at radius 1 is 1.17 bits per heavy atom. The average molecular weight is 261 g/mol. The molecule has 3 nitrogen and oxygen atoms in total. The highest BCUT2D eigenvalue weighted by atomic mass is 35.5. The Bertz CT molecular complexity index is 805. The van der Waals surface area contributed by atoms with E-state index in [2.05, 4.69) is 0 Å². The van der Waals surface area contributed by atoms with Crippen LogP contribution >= 0.6 is 11.6 Å². The van der Waals surface area contributed by atoms with Crippen LogP contribution < -0.4 is 10.2 Å². The lowest BCUT2D eigenvalue weighted by atomic mass is 10.1. The fraction of sp³-hybridized carbons (Fsp3) is 0.0714. The van der Waals surface area contributed by atoms with Crippen molar-refractivity contribution in [2.24, 2.45) is 0 Å². The third kappa shape index (κ3) is 1.56. The first-order chi connectivity index (χ1) is 8.70. The molecular weight excluding hydrogens is 252 g/mol. The zero-order valence-electron chi connectivity index (χ0n) is 9.57. The maximum absolute atomic E-state index is 12.3. The average Bonchev–Trinajstić information content (AvgIpc) is 2.38. The van der Waals surface area contributed by atoms with E-state index in [-0.39, 0.29) is 5.43 Å². The number of hydrogen-bond donors (Lipinski definition) is 0. The summed E-state index contributed by atoms with van der Waals surface area (Å²) >= 11 is 5.90. The van der Waals surface area contributed by atoms with Crippen LogP contribution in [-0.4, -0.2) is 7.11 Å². The monoisotopic (exact) mass is 260 g/mol. The van der Waals surface area contributed by atoms with E-state index in [1.807, 2.05) is 0 Å². The van der Waals surface area contributed by atoms with E-state index in [0.29, 0.717) is 32.7 Å². The maximum atomic E-state index is 12.3. The summed E-state index contributed by atoms with van der Waals surface area (Å²) in [5.74, 6) is 0.534. The Morgan fingerprint density at radius 2 is 2.00 bits per heavy atom. The third-order valence-corrected chi connectivity index (χ3v) is 3.08. The topological polar surface area (TPSA) is 39.4 Å². The van der Waals surface area contributed by atoms with Gasteiger partial charge in [-0.3, -0.25) is 4.79 Å². The quantitative estimate of drug-likeness (QED) is 0.628. The molecule has 90 valence electrons. The Hall–Kier alpha value is -2.00. The van der Waals surface area contributed by atoms with Crippen LogP contribution in [-0.2, 0) is 0 Å². The normalized spacial score (nSPS) is 11.0. The van der Waals surface area contributed by atoms with Gasteiger partial charge in [-0.1, -0.05) is 17.7 Å². The summed E-state index contributed by atoms with van der Waals surface area (Å²) in [4.78, 5) is 12.3. The molecule has 0 saturated heterocycles. The van der Waals surface area contributed by atoms with Crippen molar-refractivity contribution in [2.45, 2.75) is 0 Å². The molecule has 0 saturated carbocycles. The molecule has 0 radical (unpaired) electrons. The minimum atomic E-state index is -0.0817. The smallest absolute Gasteiger partial charge is 0.200 e. The second-order valence-corrected chi connectivity index (χ2v) is 4.35.